The second-order valence-electron chi connectivity index (χ2n) is 7.32. The molecule has 8 nitrogen and oxygen atoms in total. The highest BCUT2D eigenvalue weighted by atomic mass is 35.5. The number of benzene rings is 1. The summed E-state index contributed by atoms with van der Waals surface area (Å²) >= 11 is 7.56. The molecule has 0 fully saturated rings. The zero-order valence-electron chi connectivity index (χ0n) is 17.9. The number of hydrogen-bond acceptors (Lipinski definition) is 6. The largest absolute Gasteiger partial charge is 0.463 e. The van der Waals surface area contributed by atoms with Crippen LogP contribution in [0.25, 0.3) is 10.6 Å². The van der Waals surface area contributed by atoms with Crippen LogP contribution in [0, 0.1) is 6.92 Å². The number of nitrogens with zero attached hydrogens (tertiary/aromatic N) is 2. The lowest BCUT2D eigenvalue weighted by Gasteiger charge is -2.29. The van der Waals surface area contributed by atoms with Crippen molar-refractivity contribution < 1.29 is 14.3 Å². The van der Waals surface area contributed by atoms with Gasteiger partial charge in [-0.1, -0.05) is 23.7 Å². The third-order valence-corrected chi connectivity index (χ3v) is 6.29. The molecule has 0 spiro atoms. The number of thiophene rings is 1. The monoisotopic (exact) mass is 484 g/mol. The molecule has 0 aliphatic carbocycles. The molecule has 1 aliphatic rings. The number of carbonyl (C=O) groups excluding carboxylic acids is 2. The van der Waals surface area contributed by atoms with Crippen molar-refractivity contribution in [2.24, 2.45) is 0 Å². The summed E-state index contributed by atoms with van der Waals surface area (Å²) in [6.45, 7) is 3.73. The lowest BCUT2D eigenvalue weighted by atomic mass is 9.95. The van der Waals surface area contributed by atoms with Crippen LogP contribution in [-0.4, -0.2) is 28.4 Å². The highest BCUT2D eigenvalue weighted by Gasteiger charge is 2.34. The van der Waals surface area contributed by atoms with Crippen molar-refractivity contribution >= 4 is 34.9 Å². The van der Waals surface area contributed by atoms with E-state index in [0.29, 0.717) is 16.3 Å². The van der Waals surface area contributed by atoms with E-state index in [1.165, 1.54) is 10.7 Å². The summed E-state index contributed by atoms with van der Waals surface area (Å²) in [5.41, 5.74) is 1.35. The molecule has 33 heavy (non-hydrogen) atoms. The van der Waals surface area contributed by atoms with Crippen molar-refractivity contribution in [3.63, 3.8) is 0 Å². The van der Waals surface area contributed by atoms with Crippen molar-refractivity contribution in [2.75, 3.05) is 6.61 Å². The number of aromatic nitrogens is 2. The second kappa shape index (κ2) is 9.60. The van der Waals surface area contributed by atoms with Crippen LogP contribution in [-0.2, 0) is 16.1 Å². The summed E-state index contributed by atoms with van der Waals surface area (Å²) in [5.74, 6) is -0.599. The molecule has 2 aromatic heterocycles. The first-order valence-corrected chi connectivity index (χ1v) is 11.4. The number of rotatable bonds is 6. The van der Waals surface area contributed by atoms with Crippen molar-refractivity contribution in [3.05, 3.63) is 85.6 Å². The Morgan fingerprint density at radius 1 is 1.15 bits per heavy atom. The van der Waals surface area contributed by atoms with Gasteiger partial charge in [0.15, 0.2) is 0 Å². The minimum absolute atomic E-state index is 0.108. The van der Waals surface area contributed by atoms with Crippen molar-refractivity contribution in [2.45, 2.75) is 26.4 Å². The number of halogens is 1. The number of carbonyl (C=O) groups is 2. The molecule has 1 atom stereocenters. The topological polar surface area (TPSA) is 102 Å². The Bertz CT molecular complexity index is 1300. The number of urea groups is 1. The first-order valence-electron chi connectivity index (χ1n) is 10.2. The first kappa shape index (κ1) is 22.8. The molecule has 170 valence electrons. The Hall–Kier alpha value is -3.43. The molecule has 0 saturated carbocycles. The first-order chi connectivity index (χ1) is 15.9. The van der Waals surface area contributed by atoms with Gasteiger partial charge in [0.1, 0.15) is 5.69 Å². The van der Waals surface area contributed by atoms with E-state index >= 15 is 0 Å². The molecule has 0 radical (unpaired) electrons. The van der Waals surface area contributed by atoms with Gasteiger partial charge in [0.05, 0.1) is 35.3 Å². The number of hydrogen-bond donors (Lipinski definition) is 2. The number of esters is 1. The molecule has 1 aliphatic heterocycles. The predicted molar refractivity (Wildman–Crippen MR) is 126 cm³/mol. The molecular formula is C23H21ClN4O4S. The highest BCUT2D eigenvalue weighted by molar-refractivity contribution is 7.15. The van der Waals surface area contributed by atoms with Crippen LogP contribution in [0.2, 0.25) is 5.02 Å². The lowest BCUT2D eigenvalue weighted by Crippen LogP contribution is -2.47. The third kappa shape index (κ3) is 4.99. The zero-order chi connectivity index (χ0) is 23.5. The number of ether oxygens (including phenoxy) is 1. The second-order valence-corrected chi connectivity index (χ2v) is 9.04. The molecule has 0 bridgehead atoms. The van der Waals surface area contributed by atoms with Crippen LogP contribution in [0.4, 0.5) is 4.79 Å². The Balaban J connectivity index is 1.79. The smallest absolute Gasteiger partial charge is 0.338 e. The van der Waals surface area contributed by atoms with E-state index in [2.05, 4.69) is 15.7 Å². The van der Waals surface area contributed by atoms with Gasteiger partial charge in [-0.15, -0.1) is 11.3 Å². The Kier molecular flexibility index (Phi) is 6.62. The fourth-order valence-corrected chi connectivity index (χ4v) is 4.47. The quantitative estimate of drug-likeness (QED) is 0.518. The molecule has 1 unspecified atom stereocenters. The van der Waals surface area contributed by atoms with Crippen LogP contribution in [0.3, 0.4) is 0 Å². The summed E-state index contributed by atoms with van der Waals surface area (Å²) in [5, 5.41) is 10.4. The van der Waals surface area contributed by atoms with Gasteiger partial charge in [0.2, 0.25) is 0 Å². The van der Waals surface area contributed by atoms with Gasteiger partial charge in [-0.2, -0.15) is 5.10 Å². The molecular weight excluding hydrogens is 464 g/mol. The maximum Gasteiger partial charge on any atom is 0.338 e. The highest BCUT2D eigenvalue weighted by Crippen LogP contribution is 2.29. The predicted octanol–water partition coefficient (Wildman–Crippen LogP) is 3.80. The van der Waals surface area contributed by atoms with Crippen molar-refractivity contribution in [1.82, 2.24) is 20.4 Å². The maximum atomic E-state index is 12.9. The lowest BCUT2D eigenvalue weighted by molar-refractivity contribution is -0.139. The van der Waals surface area contributed by atoms with Gasteiger partial charge in [0.25, 0.3) is 5.56 Å². The van der Waals surface area contributed by atoms with Crippen molar-refractivity contribution in [3.8, 4) is 10.6 Å². The number of nitrogens with one attached hydrogen (secondary N) is 2. The molecule has 2 amide bonds. The Morgan fingerprint density at radius 2 is 1.91 bits per heavy atom. The number of amides is 2. The minimum atomic E-state index is -0.774. The minimum Gasteiger partial charge on any atom is -0.463 e. The van der Waals surface area contributed by atoms with Crippen LogP contribution in [0.15, 0.2) is 64.6 Å². The average molecular weight is 485 g/mol. The van der Waals surface area contributed by atoms with Gasteiger partial charge in [0, 0.05) is 16.0 Å². The van der Waals surface area contributed by atoms with Gasteiger partial charge < -0.3 is 15.4 Å². The summed E-state index contributed by atoms with van der Waals surface area (Å²) < 4.78 is 6.49. The van der Waals surface area contributed by atoms with E-state index in [9.17, 15) is 14.4 Å². The van der Waals surface area contributed by atoms with Crippen molar-refractivity contribution in [1.29, 1.82) is 0 Å². The third-order valence-electron chi connectivity index (χ3n) is 5.02. The van der Waals surface area contributed by atoms with Gasteiger partial charge in [-0.25, -0.2) is 14.3 Å². The molecule has 4 rings (SSSR count). The van der Waals surface area contributed by atoms with Crippen LogP contribution < -0.4 is 16.2 Å². The molecule has 2 N–H and O–H groups in total. The Morgan fingerprint density at radius 3 is 2.58 bits per heavy atom. The molecule has 0 saturated heterocycles. The normalized spacial score (nSPS) is 15.7. The SMILES string of the molecule is CCOC(=O)C1=C(Cn2nc(-c3ccc(C)s3)ccc2=O)NC(=O)NC1c1ccc(Cl)cc1. The van der Waals surface area contributed by atoms with E-state index in [4.69, 9.17) is 16.3 Å². The average Bonchev–Trinajstić information content (AvgIpc) is 3.22. The standard InChI is InChI=1S/C23H21ClN4O4S/c1-3-32-22(30)20-17(25-23(31)26-21(20)14-5-7-15(24)8-6-14)12-28-19(29)11-9-16(27-28)18-10-4-13(2)33-18/h4-11,21H,3,12H2,1-2H3,(H2,25,26,31). The molecule has 10 heteroatoms. The fourth-order valence-electron chi connectivity index (χ4n) is 3.51. The summed E-state index contributed by atoms with van der Waals surface area (Å²) in [4.78, 5) is 40.0. The fraction of sp³-hybridized carbons (Fsp3) is 0.217. The van der Waals surface area contributed by atoms with Crippen LogP contribution in [0.5, 0.6) is 0 Å². The summed E-state index contributed by atoms with van der Waals surface area (Å²) in [6, 6.07) is 12.5. The van der Waals surface area contributed by atoms with Gasteiger partial charge >= 0.3 is 12.0 Å². The molecule has 3 heterocycles. The summed E-state index contributed by atoms with van der Waals surface area (Å²) in [7, 11) is 0. The molecule has 1 aromatic carbocycles. The van der Waals surface area contributed by atoms with Crippen LogP contribution in [0.1, 0.15) is 23.4 Å². The maximum absolute atomic E-state index is 12.9. The van der Waals surface area contributed by atoms with Gasteiger partial charge in [-0.3, -0.25) is 4.79 Å². The number of aryl methyl sites for hydroxylation is 1. The van der Waals surface area contributed by atoms with Crippen LogP contribution >= 0.6 is 22.9 Å². The van der Waals surface area contributed by atoms with E-state index in [1.807, 2.05) is 19.1 Å². The van der Waals surface area contributed by atoms with E-state index in [0.717, 1.165) is 9.75 Å². The molecule has 3 aromatic rings. The van der Waals surface area contributed by atoms with E-state index in [-0.39, 0.29) is 30.0 Å². The van der Waals surface area contributed by atoms with Gasteiger partial charge in [-0.05, 0) is 49.7 Å². The zero-order valence-corrected chi connectivity index (χ0v) is 19.5. The Labute approximate surface area is 198 Å². The van der Waals surface area contributed by atoms with E-state index < -0.39 is 18.0 Å². The summed E-state index contributed by atoms with van der Waals surface area (Å²) in [6.07, 6.45) is 0. The van der Waals surface area contributed by atoms with E-state index in [1.54, 1.807) is 48.6 Å². The number of allylic oxidation sites excluding steroid dienone is 1.